The van der Waals surface area contributed by atoms with Crippen molar-refractivity contribution in [2.24, 2.45) is 0 Å². The third-order valence-electron chi connectivity index (χ3n) is 4.07. The molecule has 140 valence electrons. The van der Waals surface area contributed by atoms with Crippen LogP contribution in [0.2, 0.25) is 0 Å². The zero-order valence-electron chi connectivity index (χ0n) is 14.5. The molecule has 3 rings (SSSR count). The number of halogens is 3. The van der Waals surface area contributed by atoms with Gasteiger partial charge in [0.1, 0.15) is 11.6 Å². The van der Waals surface area contributed by atoms with E-state index in [1.54, 1.807) is 12.1 Å². The van der Waals surface area contributed by atoms with Crippen molar-refractivity contribution in [2.45, 2.75) is 19.3 Å². The number of pyridine rings is 1. The average Bonchev–Trinajstić information content (AvgIpc) is 2.58. The van der Waals surface area contributed by atoms with Crippen molar-refractivity contribution in [1.29, 1.82) is 0 Å². The number of aryl methyl sites for hydroxylation is 1. The Morgan fingerprint density at radius 2 is 1.69 bits per heavy atom. The normalized spacial score (nSPS) is 10.2. The Labute approximate surface area is 166 Å². The summed E-state index contributed by atoms with van der Waals surface area (Å²) in [6.45, 7) is 1.86. The van der Waals surface area contributed by atoms with Crippen LogP contribution < -0.4 is 11.1 Å². The van der Waals surface area contributed by atoms with Crippen LogP contribution in [0.1, 0.15) is 17.5 Å². The molecule has 0 bridgehead atoms. The van der Waals surface area contributed by atoms with E-state index in [1.165, 1.54) is 11.6 Å². The second-order valence-electron chi connectivity index (χ2n) is 6.00. The van der Waals surface area contributed by atoms with Crippen molar-refractivity contribution in [3.05, 3.63) is 71.5 Å². The van der Waals surface area contributed by atoms with Gasteiger partial charge in [0.2, 0.25) is 0 Å². The lowest BCUT2D eigenvalue weighted by Gasteiger charge is -2.07. The van der Waals surface area contributed by atoms with Crippen LogP contribution in [-0.2, 0) is 12.8 Å². The lowest BCUT2D eigenvalue weighted by atomic mass is 10.1. The van der Waals surface area contributed by atoms with Gasteiger partial charge in [0.05, 0.1) is 5.52 Å². The molecule has 3 nitrogen and oxygen atoms in total. The van der Waals surface area contributed by atoms with E-state index < -0.39 is 0 Å². The third kappa shape index (κ3) is 6.45. The van der Waals surface area contributed by atoms with Crippen LogP contribution in [0, 0.1) is 5.82 Å². The SMILES string of the molecule is Cl.Cl.Nc1ccc2cc(CCNCCCc3cccc(F)c3)ccc2n1. The van der Waals surface area contributed by atoms with Crippen molar-refractivity contribution in [3.63, 3.8) is 0 Å². The number of aromatic nitrogens is 1. The molecule has 0 aliphatic rings. The molecule has 0 aliphatic carbocycles. The maximum Gasteiger partial charge on any atom is 0.124 e. The van der Waals surface area contributed by atoms with Gasteiger partial charge in [0.15, 0.2) is 0 Å². The summed E-state index contributed by atoms with van der Waals surface area (Å²) in [4.78, 5) is 4.31. The average molecular weight is 396 g/mol. The molecule has 0 aliphatic heterocycles. The summed E-state index contributed by atoms with van der Waals surface area (Å²) in [5.74, 6) is 0.392. The highest BCUT2D eigenvalue weighted by Crippen LogP contribution is 2.16. The second kappa shape index (κ2) is 11.0. The monoisotopic (exact) mass is 395 g/mol. The summed E-state index contributed by atoms with van der Waals surface area (Å²) in [5, 5.41) is 4.56. The number of fused-ring (bicyclic) bond motifs is 1. The molecule has 3 aromatic rings. The Balaban J connectivity index is 0.00000169. The second-order valence-corrected chi connectivity index (χ2v) is 6.00. The summed E-state index contributed by atoms with van der Waals surface area (Å²) in [7, 11) is 0. The number of anilines is 1. The summed E-state index contributed by atoms with van der Waals surface area (Å²) in [6, 6.07) is 16.9. The van der Waals surface area contributed by atoms with Gasteiger partial charge in [0.25, 0.3) is 0 Å². The van der Waals surface area contributed by atoms with Gasteiger partial charge in [-0.25, -0.2) is 9.37 Å². The molecule has 0 saturated carbocycles. The molecule has 0 fully saturated rings. The minimum atomic E-state index is -0.159. The predicted molar refractivity (Wildman–Crippen MR) is 112 cm³/mol. The van der Waals surface area contributed by atoms with Crippen molar-refractivity contribution in [2.75, 3.05) is 18.8 Å². The fourth-order valence-electron chi connectivity index (χ4n) is 2.81. The Morgan fingerprint density at radius 1 is 0.885 bits per heavy atom. The van der Waals surface area contributed by atoms with Gasteiger partial charge in [0, 0.05) is 5.39 Å². The quantitative estimate of drug-likeness (QED) is 0.576. The first-order chi connectivity index (χ1) is 11.7. The molecular formula is C20H24Cl2FN3. The first kappa shape index (κ1) is 22.2. The van der Waals surface area contributed by atoms with E-state index in [1.807, 2.05) is 24.3 Å². The van der Waals surface area contributed by atoms with Crippen LogP contribution in [0.4, 0.5) is 10.2 Å². The van der Waals surface area contributed by atoms with Gasteiger partial charge in [-0.3, -0.25) is 0 Å². The van der Waals surface area contributed by atoms with Gasteiger partial charge in [-0.1, -0.05) is 18.2 Å². The summed E-state index contributed by atoms with van der Waals surface area (Å²) in [6.07, 6.45) is 2.87. The minimum absolute atomic E-state index is 0. The number of hydrogen-bond acceptors (Lipinski definition) is 3. The van der Waals surface area contributed by atoms with Crippen LogP contribution >= 0.6 is 24.8 Å². The van der Waals surface area contributed by atoms with Crippen LogP contribution in [-0.4, -0.2) is 18.1 Å². The van der Waals surface area contributed by atoms with Gasteiger partial charge >= 0.3 is 0 Å². The molecule has 0 atom stereocenters. The van der Waals surface area contributed by atoms with Gasteiger partial charge in [-0.15, -0.1) is 24.8 Å². The molecule has 0 saturated heterocycles. The fraction of sp³-hybridized carbons (Fsp3) is 0.250. The highest BCUT2D eigenvalue weighted by molar-refractivity contribution is 5.85. The van der Waals surface area contributed by atoms with Crippen molar-refractivity contribution < 1.29 is 4.39 Å². The molecule has 0 spiro atoms. The molecule has 26 heavy (non-hydrogen) atoms. The van der Waals surface area contributed by atoms with E-state index >= 15 is 0 Å². The minimum Gasteiger partial charge on any atom is -0.384 e. The van der Waals surface area contributed by atoms with E-state index in [9.17, 15) is 4.39 Å². The van der Waals surface area contributed by atoms with E-state index in [-0.39, 0.29) is 30.6 Å². The van der Waals surface area contributed by atoms with E-state index in [0.717, 1.165) is 48.8 Å². The molecule has 6 heteroatoms. The van der Waals surface area contributed by atoms with Crippen LogP contribution in [0.5, 0.6) is 0 Å². The number of rotatable bonds is 7. The van der Waals surface area contributed by atoms with Crippen LogP contribution in [0.3, 0.4) is 0 Å². The Morgan fingerprint density at radius 3 is 2.50 bits per heavy atom. The number of nitrogens with zero attached hydrogens (tertiary/aromatic N) is 1. The topological polar surface area (TPSA) is 50.9 Å². The van der Waals surface area contributed by atoms with Crippen molar-refractivity contribution in [3.8, 4) is 0 Å². The number of benzene rings is 2. The zero-order valence-corrected chi connectivity index (χ0v) is 16.1. The summed E-state index contributed by atoms with van der Waals surface area (Å²) < 4.78 is 13.1. The Kier molecular flexibility index (Phi) is 9.35. The maximum atomic E-state index is 13.1. The lowest BCUT2D eigenvalue weighted by Crippen LogP contribution is -2.19. The molecule has 1 heterocycles. The number of nitrogens with one attached hydrogen (secondary N) is 1. The predicted octanol–water partition coefficient (Wildman–Crippen LogP) is 4.56. The highest BCUT2D eigenvalue weighted by Gasteiger charge is 1.99. The Hall–Kier alpha value is -1.88. The van der Waals surface area contributed by atoms with Crippen molar-refractivity contribution >= 4 is 41.5 Å². The summed E-state index contributed by atoms with van der Waals surface area (Å²) in [5.41, 5.74) is 8.97. The molecule has 0 radical (unpaired) electrons. The first-order valence-electron chi connectivity index (χ1n) is 8.31. The molecule has 0 unspecified atom stereocenters. The van der Waals surface area contributed by atoms with E-state index in [2.05, 4.69) is 22.4 Å². The van der Waals surface area contributed by atoms with Gasteiger partial charge in [-0.2, -0.15) is 0 Å². The van der Waals surface area contributed by atoms with Crippen LogP contribution in [0.25, 0.3) is 10.9 Å². The first-order valence-corrected chi connectivity index (χ1v) is 8.31. The fourth-order valence-corrected chi connectivity index (χ4v) is 2.81. The summed E-state index contributed by atoms with van der Waals surface area (Å²) >= 11 is 0. The molecule has 0 amide bonds. The Bertz CT molecular complexity index is 827. The van der Waals surface area contributed by atoms with Gasteiger partial charge < -0.3 is 11.1 Å². The van der Waals surface area contributed by atoms with Crippen molar-refractivity contribution in [1.82, 2.24) is 10.3 Å². The number of nitrogens with two attached hydrogens (primary N) is 1. The lowest BCUT2D eigenvalue weighted by molar-refractivity contribution is 0.620. The third-order valence-corrected chi connectivity index (χ3v) is 4.07. The maximum absolute atomic E-state index is 13.1. The number of nitrogen functional groups attached to an aromatic ring is 1. The zero-order chi connectivity index (χ0) is 16.8. The molecular weight excluding hydrogens is 372 g/mol. The molecule has 1 aromatic heterocycles. The smallest absolute Gasteiger partial charge is 0.124 e. The highest BCUT2D eigenvalue weighted by atomic mass is 35.5. The standard InChI is InChI=1S/C20H22FN3.2ClH/c21-18-5-1-3-15(14-18)4-2-11-23-12-10-16-6-8-19-17(13-16)7-9-20(22)24-19;;/h1,3,5-9,13-14,23H,2,4,10-12H2,(H2,22,24);2*1H. The number of hydrogen-bond donors (Lipinski definition) is 2. The van der Waals surface area contributed by atoms with Gasteiger partial charge in [-0.05, 0) is 79.9 Å². The van der Waals surface area contributed by atoms with E-state index in [0.29, 0.717) is 5.82 Å². The molecule has 3 N–H and O–H groups in total. The van der Waals surface area contributed by atoms with E-state index in [4.69, 9.17) is 5.73 Å². The largest absolute Gasteiger partial charge is 0.384 e. The van der Waals surface area contributed by atoms with Crippen LogP contribution in [0.15, 0.2) is 54.6 Å². The molecule has 2 aromatic carbocycles.